The Morgan fingerprint density at radius 1 is 1.21 bits per heavy atom. The van der Waals surface area contributed by atoms with Crippen molar-refractivity contribution in [2.45, 2.75) is 34.3 Å². The molecule has 0 saturated heterocycles. The number of rotatable bonds is 9. The molecular weight excluding hydrogens is 360 g/mol. The molecule has 0 heterocycles. The number of nitro benzene ring substituents is 1. The van der Waals surface area contributed by atoms with Crippen LogP contribution in [0.15, 0.2) is 36.4 Å². The highest BCUT2D eigenvalue weighted by Crippen LogP contribution is 2.25. The van der Waals surface area contributed by atoms with Gasteiger partial charge in [0.05, 0.1) is 23.8 Å². The van der Waals surface area contributed by atoms with Crippen LogP contribution in [-0.2, 0) is 11.3 Å². The van der Waals surface area contributed by atoms with Gasteiger partial charge in [-0.25, -0.2) is 0 Å². The molecule has 0 aromatic heterocycles. The Kier molecular flexibility index (Phi) is 7.52. The van der Waals surface area contributed by atoms with Gasteiger partial charge in [0.15, 0.2) is 0 Å². The molecule has 2 aromatic rings. The van der Waals surface area contributed by atoms with Crippen molar-refractivity contribution in [2.24, 2.45) is 5.92 Å². The monoisotopic (exact) mass is 386 g/mol. The summed E-state index contributed by atoms with van der Waals surface area (Å²) in [6.07, 6.45) is 0. The van der Waals surface area contributed by atoms with Gasteiger partial charge in [0, 0.05) is 29.9 Å². The number of non-ortho nitro benzene ring substituents is 1. The molecule has 2 rings (SSSR count). The van der Waals surface area contributed by atoms with Crippen molar-refractivity contribution in [3.8, 4) is 5.75 Å². The molecule has 0 unspecified atom stereocenters. The predicted octanol–water partition coefficient (Wildman–Crippen LogP) is 4.73. The summed E-state index contributed by atoms with van der Waals surface area (Å²) in [5.74, 6) is 0.727. The van der Waals surface area contributed by atoms with Crippen molar-refractivity contribution in [2.75, 3.05) is 18.5 Å². The van der Waals surface area contributed by atoms with Gasteiger partial charge in [0.25, 0.3) is 11.6 Å². The number of benzene rings is 2. The Hall–Kier alpha value is -2.93. The van der Waals surface area contributed by atoms with Crippen molar-refractivity contribution < 1.29 is 19.2 Å². The minimum atomic E-state index is -0.490. The Bertz CT molecular complexity index is 849. The van der Waals surface area contributed by atoms with Crippen molar-refractivity contribution >= 4 is 17.3 Å². The van der Waals surface area contributed by atoms with Crippen LogP contribution in [0.2, 0.25) is 0 Å². The van der Waals surface area contributed by atoms with Gasteiger partial charge in [-0.3, -0.25) is 14.9 Å². The van der Waals surface area contributed by atoms with Crippen LogP contribution in [-0.4, -0.2) is 24.0 Å². The number of nitro groups is 1. The first-order valence-electron chi connectivity index (χ1n) is 9.21. The lowest BCUT2D eigenvalue weighted by molar-refractivity contribution is -0.384. The Labute approximate surface area is 164 Å². The van der Waals surface area contributed by atoms with E-state index in [4.69, 9.17) is 9.47 Å². The number of amides is 1. The average molecular weight is 386 g/mol. The van der Waals surface area contributed by atoms with E-state index in [0.717, 1.165) is 11.1 Å². The van der Waals surface area contributed by atoms with Crippen molar-refractivity contribution in [3.05, 3.63) is 63.2 Å². The smallest absolute Gasteiger partial charge is 0.271 e. The second-order valence-electron chi connectivity index (χ2n) is 6.87. The van der Waals surface area contributed by atoms with Gasteiger partial charge in [-0.1, -0.05) is 19.9 Å². The van der Waals surface area contributed by atoms with Gasteiger partial charge in [-0.15, -0.1) is 0 Å². The largest absolute Gasteiger partial charge is 0.494 e. The predicted molar refractivity (Wildman–Crippen MR) is 108 cm³/mol. The first-order chi connectivity index (χ1) is 13.3. The Balaban J connectivity index is 2.22. The van der Waals surface area contributed by atoms with Crippen molar-refractivity contribution in [3.63, 3.8) is 0 Å². The summed E-state index contributed by atoms with van der Waals surface area (Å²) < 4.78 is 11.3. The van der Waals surface area contributed by atoms with Gasteiger partial charge in [0.2, 0.25) is 0 Å². The third-order valence-electron chi connectivity index (χ3n) is 4.01. The van der Waals surface area contributed by atoms with E-state index >= 15 is 0 Å². The second-order valence-corrected chi connectivity index (χ2v) is 6.87. The molecule has 7 nitrogen and oxygen atoms in total. The van der Waals surface area contributed by atoms with Crippen LogP contribution >= 0.6 is 0 Å². The molecule has 0 aliphatic heterocycles. The number of nitrogens with one attached hydrogen (secondary N) is 1. The molecule has 150 valence electrons. The topological polar surface area (TPSA) is 90.7 Å². The maximum absolute atomic E-state index is 12.7. The number of hydrogen-bond acceptors (Lipinski definition) is 5. The van der Waals surface area contributed by atoms with E-state index in [2.05, 4.69) is 19.2 Å². The molecule has 7 heteroatoms. The van der Waals surface area contributed by atoms with Gasteiger partial charge in [-0.05, 0) is 43.5 Å². The quantitative estimate of drug-likeness (QED) is 0.497. The van der Waals surface area contributed by atoms with Crippen LogP contribution in [0.4, 0.5) is 11.4 Å². The summed E-state index contributed by atoms with van der Waals surface area (Å²) >= 11 is 0. The number of carbonyl (C=O) groups is 1. The van der Waals surface area contributed by atoms with E-state index in [0.29, 0.717) is 42.7 Å². The molecule has 0 saturated carbocycles. The first-order valence-corrected chi connectivity index (χ1v) is 9.21. The molecule has 0 spiro atoms. The van der Waals surface area contributed by atoms with Crippen LogP contribution in [0.3, 0.4) is 0 Å². The molecule has 0 aliphatic rings. The zero-order valence-corrected chi connectivity index (χ0v) is 16.7. The fraction of sp³-hybridized carbons (Fsp3) is 0.381. The van der Waals surface area contributed by atoms with E-state index in [-0.39, 0.29) is 11.6 Å². The van der Waals surface area contributed by atoms with E-state index in [9.17, 15) is 14.9 Å². The zero-order chi connectivity index (χ0) is 20.7. The summed E-state index contributed by atoms with van der Waals surface area (Å²) in [6.45, 7) is 9.26. The van der Waals surface area contributed by atoms with Crippen LogP contribution in [0, 0.1) is 23.0 Å². The normalized spacial score (nSPS) is 10.8. The summed E-state index contributed by atoms with van der Waals surface area (Å²) in [6, 6.07) is 9.51. The van der Waals surface area contributed by atoms with Crippen LogP contribution in [0.1, 0.15) is 42.3 Å². The fourth-order valence-corrected chi connectivity index (χ4v) is 2.59. The Morgan fingerprint density at radius 3 is 2.61 bits per heavy atom. The van der Waals surface area contributed by atoms with Gasteiger partial charge in [-0.2, -0.15) is 0 Å². The molecule has 2 aromatic carbocycles. The maximum atomic E-state index is 12.7. The lowest BCUT2D eigenvalue weighted by Gasteiger charge is -2.14. The Morgan fingerprint density at radius 2 is 1.96 bits per heavy atom. The summed E-state index contributed by atoms with van der Waals surface area (Å²) in [5.41, 5.74) is 2.29. The summed E-state index contributed by atoms with van der Waals surface area (Å²) in [7, 11) is 0. The lowest BCUT2D eigenvalue weighted by atomic mass is 10.1. The third kappa shape index (κ3) is 5.79. The molecule has 1 amide bonds. The lowest BCUT2D eigenvalue weighted by Crippen LogP contribution is -2.14. The number of aryl methyl sites for hydroxylation is 1. The zero-order valence-electron chi connectivity index (χ0n) is 16.7. The molecule has 1 N–H and O–H groups in total. The summed E-state index contributed by atoms with van der Waals surface area (Å²) in [4.78, 5) is 23.2. The highest BCUT2D eigenvalue weighted by Gasteiger charge is 2.14. The highest BCUT2D eigenvalue weighted by molar-refractivity contribution is 6.05. The van der Waals surface area contributed by atoms with Crippen molar-refractivity contribution in [1.82, 2.24) is 0 Å². The molecule has 0 fully saturated rings. The minimum Gasteiger partial charge on any atom is -0.494 e. The minimum absolute atomic E-state index is 0.0737. The number of nitrogens with zero attached hydrogens (tertiary/aromatic N) is 1. The van der Waals surface area contributed by atoms with E-state index in [1.54, 1.807) is 31.2 Å². The van der Waals surface area contributed by atoms with Gasteiger partial charge >= 0.3 is 0 Å². The van der Waals surface area contributed by atoms with E-state index in [1.807, 2.05) is 6.92 Å². The number of hydrogen-bond donors (Lipinski definition) is 1. The standard InChI is InChI=1S/C21H26N2O5/c1-5-28-20-9-7-16(10-17(20)13-27-12-14(2)3)21(24)22-19-11-18(23(25)26)8-6-15(19)4/h6-11,14H,5,12-13H2,1-4H3,(H,22,24). The first kappa shape index (κ1) is 21.4. The highest BCUT2D eigenvalue weighted by atomic mass is 16.6. The van der Waals surface area contributed by atoms with Gasteiger partial charge in [0.1, 0.15) is 5.75 Å². The average Bonchev–Trinajstić information content (AvgIpc) is 2.64. The molecule has 0 aliphatic carbocycles. The molecular formula is C21H26N2O5. The third-order valence-corrected chi connectivity index (χ3v) is 4.01. The van der Waals surface area contributed by atoms with E-state index in [1.165, 1.54) is 12.1 Å². The van der Waals surface area contributed by atoms with Gasteiger partial charge < -0.3 is 14.8 Å². The molecule has 0 radical (unpaired) electrons. The molecule has 0 bridgehead atoms. The second kappa shape index (κ2) is 9.85. The van der Waals surface area contributed by atoms with Crippen LogP contribution in [0.25, 0.3) is 0 Å². The number of ether oxygens (including phenoxy) is 2. The maximum Gasteiger partial charge on any atom is 0.271 e. The summed E-state index contributed by atoms with van der Waals surface area (Å²) in [5, 5.41) is 13.7. The van der Waals surface area contributed by atoms with Crippen LogP contribution < -0.4 is 10.1 Å². The van der Waals surface area contributed by atoms with Crippen LogP contribution in [0.5, 0.6) is 5.75 Å². The van der Waals surface area contributed by atoms with Crippen molar-refractivity contribution in [1.29, 1.82) is 0 Å². The SMILES string of the molecule is CCOc1ccc(C(=O)Nc2cc([N+](=O)[O-])ccc2C)cc1COCC(C)C. The molecule has 0 atom stereocenters. The number of anilines is 1. The fourth-order valence-electron chi connectivity index (χ4n) is 2.59. The molecule has 28 heavy (non-hydrogen) atoms. The number of carbonyl (C=O) groups excluding carboxylic acids is 1. The van der Waals surface area contributed by atoms with E-state index < -0.39 is 4.92 Å².